The number of carbonyl (C=O) groups excluding carboxylic acids is 1. The molecule has 3 atom stereocenters. The quantitative estimate of drug-likeness (QED) is 0.315. The van der Waals surface area contributed by atoms with Gasteiger partial charge in [0, 0.05) is 47.7 Å². The Labute approximate surface area is 257 Å². The lowest BCUT2D eigenvalue weighted by Crippen LogP contribution is -2.44. The molecular weight excluding hydrogens is 578 g/mol. The molecule has 2 saturated carbocycles. The summed E-state index contributed by atoms with van der Waals surface area (Å²) in [7, 11) is -1.86. The lowest BCUT2D eigenvalue weighted by atomic mass is 9.93. The summed E-state index contributed by atoms with van der Waals surface area (Å²) in [5.41, 5.74) is 10.9. The van der Waals surface area contributed by atoms with Crippen LogP contribution in [-0.2, 0) is 16.6 Å². The highest BCUT2D eigenvalue weighted by molar-refractivity contribution is 7.92. The predicted molar refractivity (Wildman–Crippen MR) is 168 cm³/mol. The van der Waals surface area contributed by atoms with Gasteiger partial charge in [-0.3, -0.25) is 13.5 Å². The number of anilines is 1. The van der Waals surface area contributed by atoms with Gasteiger partial charge in [0.15, 0.2) is 5.88 Å². The molecule has 0 aromatic carbocycles. The smallest absolute Gasteiger partial charge is 0.254 e. The molecule has 4 aliphatic rings. The van der Waals surface area contributed by atoms with E-state index in [4.69, 9.17) is 20.4 Å². The molecule has 4 aromatic rings. The molecule has 6 heterocycles. The van der Waals surface area contributed by atoms with E-state index in [-0.39, 0.29) is 30.1 Å². The van der Waals surface area contributed by atoms with E-state index >= 15 is 0 Å². The van der Waals surface area contributed by atoms with Crippen molar-refractivity contribution in [1.82, 2.24) is 23.8 Å². The summed E-state index contributed by atoms with van der Waals surface area (Å²) in [6.45, 7) is 2.79. The lowest BCUT2D eigenvalue weighted by molar-refractivity contribution is 0.0726. The van der Waals surface area contributed by atoms with Gasteiger partial charge in [0.05, 0.1) is 24.8 Å². The molecule has 44 heavy (non-hydrogen) atoms. The van der Waals surface area contributed by atoms with Gasteiger partial charge < -0.3 is 19.9 Å². The van der Waals surface area contributed by atoms with E-state index < -0.39 is 10.0 Å². The zero-order chi connectivity index (χ0) is 30.5. The van der Waals surface area contributed by atoms with E-state index in [1.165, 1.54) is 10.6 Å². The minimum Gasteiger partial charge on any atom is -0.482 e. The van der Waals surface area contributed by atoms with Crippen LogP contribution in [0.25, 0.3) is 28.1 Å². The highest BCUT2D eigenvalue weighted by Gasteiger charge is 2.47. The molecule has 2 bridgehead atoms. The molecule has 8 rings (SSSR count). The fourth-order valence-electron chi connectivity index (χ4n) is 7.72. The van der Waals surface area contributed by atoms with Crippen LogP contribution in [0.3, 0.4) is 0 Å². The van der Waals surface area contributed by atoms with Crippen LogP contribution < -0.4 is 14.8 Å². The molecule has 0 unspecified atom stereocenters. The maximum atomic E-state index is 13.8. The summed E-state index contributed by atoms with van der Waals surface area (Å²) >= 11 is 0. The van der Waals surface area contributed by atoms with Crippen LogP contribution in [0.1, 0.15) is 67.4 Å². The van der Waals surface area contributed by atoms with Crippen molar-refractivity contribution in [1.29, 1.82) is 0 Å². The fraction of sp³-hybridized carbons (Fsp3) is 0.531. The van der Waals surface area contributed by atoms with Gasteiger partial charge in [-0.05, 0) is 88.5 Å². The maximum Gasteiger partial charge on any atom is 0.254 e. The number of amides is 1. The molecule has 232 valence electrons. The summed E-state index contributed by atoms with van der Waals surface area (Å²) < 4.78 is 37.2. The van der Waals surface area contributed by atoms with E-state index in [1.807, 2.05) is 40.5 Å². The Balaban J connectivity index is 1.24. The highest BCUT2D eigenvalue weighted by atomic mass is 32.2. The molecule has 1 amide bonds. The number of carbonyl (C=O) groups is 1. The normalized spacial score (nSPS) is 23.5. The Hall–Kier alpha value is -3.64. The first kappa shape index (κ1) is 27.9. The van der Waals surface area contributed by atoms with Crippen LogP contribution in [0.15, 0.2) is 30.3 Å². The van der Waals surface area contributed by atoms with Gasteiger partial charge in [0.2, 0.25) is 10.0 Å². The number of nitrogens with two attached hydrogens (primary N) is 1. The van der Waals surface area contributed by atoms with Gasteiger partial charge in [-0.1, -0.05) is 0 Å². The Morgan fingerprint density at radius 1 is 1.09 bits per heavy atom. The summed E-state index contributed by atoms with van der Waals surface area (Å²) in [6, 6.07) is 9.83. The molecule has 0 spiro atoms. The number of hydrogen-bond acceptors (Lipinski definition) is 7. The largest absolute Gasteiger partial charge is 0.482 e. The number of fused-ring (bicyclic) bond motifs is 4. The zero-order valence-electron chi connectivity index (χ0n) is 25.4. The van der Waals surface area contributed by atoms with Crippen LogP contribution >= 0.6 is 0 Å². The Morgan fingerprint density at radius 3 is 2.50 bits per heavy atom. The summed E-state index contributed by atoms with van der Waals surface area (Å²) in [6.07, 6.45) is 9.10. The number of pyridine rings is 2. The van der Waals surface area contributed by atoms with Crippen molar-refractivity contribution < 1.29 is 17.9 Å². The number of imidazole rings is 1. The number of hydrogen-bond donors (Lipinski definition) is 1. The number of aromatic nitrogens is 4. The second kappa shape index (κ2) is 9.93. The van der Waals surface area contributed by atoms with E-state index in [1.54, 1.807) is 7.11 Å². The van der Waals surface area contributed by atoms with Gasteiger partial charge in [0.1, 0.15) is 22.8 Å². The first-order valence-corrected chi connectivity index (χ1v) is 17.6. The first-order valence-electron chi connectivity index (χ1n) is 15.8. The minimum absolute atomic E-state index is 0.0186. The first-order chi connectivity index (χ1) is 21.1. The summed E-state index contributed by atoms with van der Waals surface area (Å²) in [4.78, 5) is 25.8. The van der Waals surface area contributed by atoms with Crippen LogP contribution in [0.2, 0.25) is 0 Å². The molecular formula is C32H39N7O4S. The molecule has 12 heteroatoms. The average Bonchev–Trinajstić information content (AvgIpc) is 3.29. The van der Waals surface area contributed by atoms with Gasteiger partial charge in [-0.15, -0.1) is 0 Å². The number of rotatable bonds is 8. The van der Waals surface area contributed by atoms with Crippen LogP contribution in [0.4, 0.5) is 5.82 Å². The summed E-state index contributed by atoms with van der Waals surface area (Å²) in [5.74, 6) is 1.55. The van der Waals surface area contributed by atoms with Crippen molar-refractivity contribution >= 4 is 38.4 Å². The lowest BCUT2D eigenvalue weighted by Gasteiger charge is -2.36. The van der Waals surface area contributed by atoms with Crippen LogP contribution in [0, 0.1) is 12.8 Å². The molecule has 11 nitrogen and oxygen atoms in total. The highest BCUT2D eigenvalue weighted by Crippen LogP contribution is 2.40. The third kappa shape index (κ3) is 4.32. The second-order valence-corrected chi connectivity index (χ2v) is 15.1. The van der Waals surface area contributed by atoms with Crippen molar-refractivity contribution in [3.63, 3.8) is 0 Å². The molecule has 2 N–H and O–H groups in total. The number of sulfonamides is 1. The van der Waals surface area contributed by atoms with Gasteiger partial charge in [0.25, 0.3) is 5.91 Å². The Morgan fingerprint density at radius 2 is 1.89 bits per heavy atom. The number of methoxy groups -OCH3 is 1. The average molecular weight is 618 g/mol. The van der Waals surface area contributed by atoms with E-state index in [0.717, 1.165) is 86.0 Å². The number of ether oxygens (including phenoxy) is 1. The standard InChI is InChI=1S/C32H39N7O4S/c1-18-30(34-28-14-21(15-29(43-2)37(18)28)32(40)38-23-10-11-25(38)24(33)16-23)26-13-20-9-12-27(35-31(20)36(26)17-19-7-8-19)39(44(3,41)42)22-5-4-6-22/h9,12-15,19,22-25H,4-8,10-11,16-17,33H2,1-3H3/t23-,24+,25+/m0/s1. The minimum atomic E-state index is -3.48. The van der Waals surface area contributed by atoms with E-state index in [9.17, 15) is 13.2 Å². The van der Waals surface area contributed by atoms with Crippen LogP contribution in [0.5, 0.6) is 5.88 Å². The molecule has 2 saturated heterocycles. The summed E-state index contributed by atoms with van der Waals surface area (Å²) in [5, 5.41) is 0.937. The van der Waals surface area contributed by atoms with Crippen molar-refractivity contribution in [2.75, 3.05) is 17.7 Å². The molecule has 4 fully saturated rings. The monoisotopic (exact) mass is 617 g/mol. The third-order valence-electron chi connectivity index (χ3n) is 10.3. The van der Waals surface area contributed by atoms with Gasteiger partial charge in [-0.25, -0.2) is 18.4 Å². The number of aryl methyl sites for hydroxylation is 1. The third-order valence-corrected chi connectivity index (χ3v) is 11.5. The van der Waals surface area contributed by atoms with E-state index in [2.05, 4.69) is 10.6 Å². The molecule has 2 aliphatic heterocycles. The zero-order valence-corrected chi connectivity index (χ0v) is 26.3. The SMILES string of the molecule is COc1cc(C(=O)N2[C@H]3CC[C@@H]2[C@H](N)C3)cc2nc(-c3cc4ccc(N(C5CCC5)S(C)(=O)=O)nc4n3CC3CC3)c(C)n12. The maximum absolute atomic E-state index is 13.8. The van der Waals surface area contributed by atoms with Gasteiger partial charge >= 0.3 is 0 Å². The topological polar surface area (TPSA) is 128 Å². The Kier molecular flexibility index (Phi) is 6.29. The number of nitrogens with zero attached hydrogens (tertiary/aromatic N) is 6. The van der Waals surface area contributed by atoms with Crippen LogP contribution in [-0.4, -0.2) is 75.7 Å². The molecule has 2 aliphatic carbocycles. The second-order valence-electron chi connectivity index (χ2n) is 13.2. The predicted octanol–water partition coefficient (Wildman–Crippen LogP) is 4.10. The van der Waals surface area contributed by atoms with Gasteiger partial charge in [-0.2, -0.15) is 0 Å². The fourth-order valence-corrected chi connectivity index (χ4v) is 8.92. The molecule has 4 aromatic heterocycles. The Bertz CT molecular complexity index is 1920. The van der Waals surface area contributed by atoms with Crippen molar-refractivity contribution in [3.05, 3.63) is 41.6 Å². The van der Waals surface area contributed by atoms with Crippen molar-refractivity contribution in [2.24, 2.45) is 11.7 Å². The molecule has 0 radical (unpaired) electrons. The van der Waals surface area contributed by atoms with Crippen molar-refractivity contribution in [3.8, 4) is 17.3 Å². The van der Waals surface area contributed by atoms with E-state index in [0.29, 0.717) is 28.8 Å². The van der Waals surface area contributed by atoms with Crippen molar-refractivity contribution in [2.45, 2.75) is 89.0 Å².